The maximum atomic E-state index is 12.3. The summed E-state index contributed by atoms with van der Waals surface area (Å²) in [4.78, 5) is 24.4. The minimum absolute atomic E-state index is 0.143. The first-order chi connectivity index (χ1) is 11.1. The molecule has 1 atom stereocenters. The fourth-order valence-electron chi connectivity index (χ4n) is 2.93. The first-order valence-electron chi connectivity index (χ1n) is 7.63. The summed E-state index contributed by atoms with van der Waals surface area (Å²) in [7, 11) is 0. The van der Waals surface area contributed by atoms with Gasteiger partial charge in [0.05, 0.1) is 12.5 Å². The van der Waals surface area contributed by atoms with E-state index in [1.165, 1.54) is 28.9 Å². The van der Waals surface area contributed by atoms with Crippen LogP contribution in [0, 0.1) is 0 Å². The van der Waals surface area contributed by atoms with E-state index in [0.717, 1.165) is 23.4 Å². The summed E-state index contributed by atoms with van der Waals surface area (Å²) in [6.45, 7) is 0. The van der Waals surface area contributed by atoms with E-state index in [1.54, 1.807) is 0 Å². The van der Waals surface area contributed by atoms with Crippen LogP contribution in [-0.2, 0) is 17.6 Å². The number of hydrogen-bond acceptors (Lipinski definition) is 3. The molecular formula is C17H19N3O2S. The lowest BCUT2D eigenvalue weighted by Gasteiger charge is -2.16. The molecule has 23 heavy (non-hydrogen) atoms. The standard InChI is InChI=1S/C17H19N3O2S/c18-17(22)20-14(15-5-2-8-23-15)10-16(21)19-13-7-6-11-3-1-4-12(11)9-13/h2,5-9,14H,1,3-4,10H2,(H,19,21)(H3,18,20,22). The Bertz CT molecular complexity index is 713. The second-order valence-electron chi connectivity index (χ2n) is 5.67. The van der Waals surface area contributed by atoms with Gasteiger partial charge in [-0.15, -0.1) is 11.3 Å². The smallest absolute Gasteiger partial charge is 0.312 e. The SMILES string of the molecule is NC(=O)NC(CC(=O)Nc1ccc2c(c1)CCC2)c1cccs1. The number of benzene rings is 1. The molecule has 2 aromatic rings. The predicted octanol–water partition coefficient (Wildman–Crippen LogP) is 2.98. The Morgan fingerprint density at radius 1 is 1.22 bits per heavy atom. The van der Waals surface area contributed by atoms with E-state index in [0.29, 0.717) is 0 Å². The number of aryl methyl sites for hydroxylation is 2. The third-order valence-electron chi connectivity index (χ3n) is 3.97. The molecule has 1 aromatic carbocycles. The number of primary amides is 1. The largest absolute Gasteiger partial charge is 0.352 e. The molecule has 0 radical (unpaired) electrons. The Labute approximate surface area is 138 Å². The van der Waals surface area contributed by atoms with Crippen LogP contribution in [0.25, 0.3) is 0 Å². The molecule has 1 aromatic heterocycles. The molecule has 1 aliphatic rings. The van der Waals surface area contributed by atoms with E-state index in [-0.39, 0.29) is 12.3 Å². The topological polar surface area (TPSA) is 84.2 Å². The van der Waals surface area contributed by atoms with Crippen molar-refractivity contribution in [1.29, 1.82) is 0 Å². The molecule has 1 unspecified atom stereocenters. The fraction of sp³-hybridized carbons (Fsp3) is 0.294. The van der Waals surface area contributed by atoms with Crippen LogP contribution in [0.2, 0.25) is 0 Å². The van der Waals surface area contributed by atoms with E-state index in [4.69, 9.17) is 5.73 Å². The summed E-state index contributed by atoms with van der Waals surface area (Å²) >= 11 is 1.49. The maximum absolute atomic E-state index is 12.3. The van der Waals surface area contributed by atoms with Crippen LogP contribution in [0.5, 0.6) is 0 Å². The molecule has 120 valence electrons. The molecule has 0 saturated carbocycles. The predicted molar refractivity (Wildman–Crippen MR) is 91.5 cm³/mol. The minimum Gasteiger partial charge on any atom is -0.352 e. The van der Waals surface area contributed by atoms with Gasteiger partial charge in [0, 0.05) is 10.6 Å². The van der Waals surface area contributed by atoms with Crippen LogP contribution in [0.4, 0.5) is 10.5 Å². The molecule has 1 aliphatic carbocycles. The van der Waals surface area contributed by atoms with Gasteiger partial charge in [0.1, 0.15) is 0 Å². The molecule has 3 amide bonds. The highest BCUT2D eigenvalue weighted by atomic mass is 32.1. The first-order valence-corrected chi connectivity index (χ1v) is 8.51. The fourth-order valence-corrected chi connectivity index (χ4v) is 3.71. The lowest BCUT2D eigenvalue weighted by Crippen LogP contribution is -2.34. The van der Waals surface area contributed by atoms with Crippen molar-refractivity contribution in [2.75, 3.05) is 5.32 Å². The zero-order valence-electron chi connectivity index (χ0n) is 12.7. The van der Waals surface area contributed by atoms with Gasteiger partial charge in [-0.3, -0.25) is 4.79 Å². The molecular weight excluding hydrogens is 310 g/mol. The quantitative estimate of drug-likeness (QED) is 0.788. The van der Waals surface area contributed by atoms with Crippen molar-refractivity contribution in [3.8, 4) is 0 Å². The molecule has 0 saturated heterocycles. The molecule has 0 bridgehead atoms. The van der Waals surface area contributed by atoms with Crippen LogP contribution < -0.4 is 16.4 Å². The number of amides is 3. The summed E-state index contributed by atoms with van der Waals surface area (Å²) in [5.74, 6) is -0.143. The van der Waals surface area contributed by atoms with E-state index < -0.39 is 12.1 Å². The maximum Gasteiger partial charge on any atom is 0.312 e. The van der Waals surface area contributed by atoms with Crippen molar-refractivity contribution in [2.45, 2.75) is 31.7 Å². The number of carbonyl (C=O) groups is 2. The lowest BCUT2D eigenvalue weighted by molar-refractivity contribution is -0.116. The van der Waals surface area contributed by atoms with Gasteiger partial charge in [-0.2, -0.15) is 0 Å². The summed E-state index contributed by atoms with van der Waals surface area (Å²) in [5, 5.41) is 7.45. The van der Waals surface area contributed by atoms with E-state index >= 15 is 0 Å². The highest BCUT2D eigenvalue weighted by Crippen LogP contribution is 2.26. The summed E-state index contributed by atoms with van der Waals surface area (Å²) in [5.41, 5.74) is 8.70. The Balaban J connectivity index is 1.66. The number of hydrogen-bond donors (Lipinski definition) is 3. The average Bonchev–Trinajstić information content (AvgIpc) is 3.17. The van der Waals surface area contributed by atoms with Crippen LogP contribution in [0.3, 0.4) is 0 Å². The van der Waals surface area contributed by atoms with Gasteiger partial charge < -0.3 is 16.4 Å². The van der Waals surface area contributed by atoms with Gasteiger partial charge in [0.25, 0.3) is 0 Å². The van der Waals surface area contributed by atoms with Crippen molar-refractivity contribution < 1.29 is 9.59 Å². The number of thiophene rings is 1. The Hall–Kier alpha value is -2.34. The molecule has 1 heterocycles. The molecule has 4 N–H and O–H groups in total. The molecule has 0 spiro atoms. The Morgan fingerprint density at radius 3 is 2.78 bits per heavy atom. The lowest BCUT2D eigenvalue weighted by atomic mass is 10.1. The van der Waals surface area contributed by atoms with Gasteiger partial charge in [-0.05, 0) is 54.0 Å². The number of nitrogens with two attached hydrogens (primary N) is 1. The minimum atomic E-state index is -0.631. The third kappa shape index (κ3) is 3.90. The van der Waals surface area contributed by atoms with Crippen molar-refractivity contribution in [1.82, 2.24) is 5.32 Å². The first kappa shape index (κ1) is 15.6. The summed E-state index contributed by atoms with van der Waals surface area (Å²) in [6.07, 6.45) is 3.52. The van der Waals surface area contributed by atoms with Gasteiger partial charge >= 0.3 is 6.03 Å². The zero-order chi connectivity index (χ0) is 16.2. The number of nitrogens with one attached hydrogen (secondary N) is 2. The molecule has 5 nitrogen and oxygen atoms in total. The van der Waals surface area contributed by atoms with Crippen molar-refractivity contribution in [3.63, 3.8) is 0 Å². The van der Waals surface area contributed by atoms with Crippen LogP contribution in [0.1, 0.15) is 34.9 Å². The Kier molecular flexibility index (Phi) is 4.62. The third-order valence-corrected chi connectivity index (χ3v) is 4.96. The number of anilines is 1. The number of fused-ring (bicyclic) bond motifs is 1. The van der Waals surface area contributed by atoms with Crippen molar-refractivity contribution in [2.24, 2.45) is 5.73 Å². The van der Waals surface area contributed by atoms with Gasteiger partial charge in [-0.25, -0.2) is 4.79 Å². The number of carbonyl (C=O) groups excluding carboxylic acids is 2. The highest BCUT2D eigenvalue weighted by Gasteiger charge is 2.19. The summed E-state index contributed by atoms with van der Waals surface area (Å²) in [6, 6.07) is 8.79. The molecule has 0 aliphatic heterocycles. The zero-order valence-corrected chi connectivity index (χ0v) is 13.5. The number of urea groups is 1. The van der Waals surface area contributed by atoms with Crippen molar-refractivity contribution >= 4 is 29.0 Å². The Morgan fingerprint density at radius 2 is 2.04 bits per heavy atom. The molecule has 3 rings (SSSR count). The van der Waals surface area contributed by atoms with E-state index in [2.05, 4.69) is 16.7 Å². The van der Waals surface area contributed by atoms with E-state index in [9.17, 15) is 9.59 Å². The monoisotopic (exact) mass is 329 g/mol. The van der Waals surface area contributed by atoms with Crippen LogP contribution in [0.15, 0.2) is 35.7 Å². The normalized spacial score (nSPS) is 14.1. The van der Waals surface area contributed by atoms with Crippen molar-refractivity contribution in [3.05, 3.63) is 51.7 Å². The second-order valence-corrected chi connectivity index (χ2v) is 6.65. The number of rotatable bonds is 5. The van der Waals surface area contributed by atoms with Crippen LogP contribution >= 0.6 is 11.3 Å². The summed E-state index contributed by atoms with van der Waals surface area (Å²) < 4.78 is 0. The molecule has 6 heteroatoms. The van der Waals surface area contributed by atoms with Crippen LogP contribution in [-0.4, -0.2) is 11.9 Å². The van der Waals surface area contributed by atoms with E-state index in [1.807, 2.05) is 29.6 Å². The average molecular weight is 329 g/mol. The highest BCUT2D eigenvalue weighted by molar-refractivity contribution is 7.10. The van der Waals surface area contributed by atoms with Gasteiger partial charge in [0.2, 0.25) is 5.91 Å². The molecule has 0 fully saturated rings. The van der Waals surface area contributed by atoms with Gasteiger partial charge in [-0.1, -0.05) is 12.1 Å². The second kappa shape index (κ2) is 6.83. The van der Waals surface area contributed by atoms with Gasteiger partial charge in [0.15, 0.2) is 0 Å².